The second-order valence-electron chi connectivity index (χ2n) is 4.81. The number of thiocarbonyl (C=S) groups is 1. The van der Waals surface area contributed by atoms with Gasteiger partial charge in [0.1, 0.15) is 9.57 Å². The maximum atomic E-state index is 12.6. The number of benzene rings is 1. The summed E-state index contributed by atoms with van der Waals surface area (Å²) in [7, 11) is 0. The van der Waals surface area contributed by atoms with Gasteiger partial charge in [0.25, 0.3) is 5.69 Å². The first-order chi connectivity index (χ1) is 10.5. The molecule has 1 amide bonds. The molecule has 0 aliphatic carbocycles. The molecule has 1 heterocycles. The van der Waals surface area contributed by atoms with Gasteiger partial charge in [0.05, 0.1) is 10.6 Å². The van der Waals surface area contributed by atoms with Crippen molar-refractivity contribution < 1.29 is 9.72 Å². The summed E-state index contributed by atoms with van der Waals surface area (Å²) in [4.78, 5) is 26.4. The van der Waals surface area contributed by atoms with Crippen molar-refractivity contribution in [2.45, 2.75) is 19.1 Å². The van der Waals surface area contributed by atoms with E-state index in [0.717, 1.165) is 13.1 Å². The van der Waals surface area contributed by atoms with Crippen molar-refractivity contribution in [1.82, 2.24) is 4.90 Å². The first kappa shape index (κ1) is 16.9. The van der Waals surface area contributed by atoms with Crippen LogP contribution in [-0.2, 0) is 4.79 Å². The van der Waals surface area contributed by atoms with Gasteiger partial charge in [-0.1, -0.05) is 37.8 Å². The average molecular weight is 339 g/mol. The van der Waals surface area contributed by atoms with Gasteiger partial charge in [0, 0.05) is 18.7 Å². The lowest BCUT2D eigenvalue weighted by molar-refractivity contribution is -0.384. The number of nitro benzene ring substituents is 1. The van der Waals surface area contributed by atoms with Crippen molar-refractivity contribution in [1.29, 1.82) is 0 Å². The van der Waals surface area contributed by atoms with E-state index in [1.54, 1.807) is 12.1 Å². The van der Waals surface area contributed by atoms with E-state index in [0.29, 0.717) is 16.6 Å². The molecule has 1 aliphatic rings. The highest BCUT2D eigenvalue weighted by Gasteiger charge is 2.38. The Morgan fingerprint density at radius 3 is 2.41 bits per heavy atom. The zero-order chi connectivity index (χ0) is 16.3. The van der Waals surface area contributed by atoms with Crippen LogP contribution in [0.25, 0.3) is 0 Å². The normalized spacial score (nSPS) is 18.3. The molecule has 1 saturated heterocycles. The zero-order valence-electron chi connectivity index (χ0n) is 12.4. The lowest BCUT2D eigenvalue weighted by Crippen LogP contribution is -2.38. The summed E-state index contributed by atoms with van der Waals surface area (Å²) in [6, 6.07) is 5.88. The number of nitrogens with zero attached hydrogens (tertiary/aromatic N) is 3. The van der Waals surface area contributed by atoms with Crippen LogP contribution in [0.5, 0.6) is 0 Å². The van der Waals surface area contributed by atoms with Crippen molar-refractivity contribution >= 4 is 45.6 Å². The van der Waals surface area contributed by atoms with Crippen molar-refractivity contribution in [2.75, 3.05) is 24.5 Å². The van der Waals surface area contributed by atoms with Gasteiger partial charge in [0.15, 0.2) is 0 Å². The molecule has 1 fully saturated rings. The lowest BCUT2D eigenvalue weighted by atomic mass is 10.2. The highest BCUT2D eigenvalue weighted by Crippen LogP contribution is 2.33. The molecule has 22 heavy (non-hydrogen) atoms. The SMILES string of the molecule is CCN(CC)CC1SC(=S)N(c2ccc([N+](=O)[O-])cc2)C1=O. The van der Waals surface area contributed by atoms with Gasteiger partial charge in [-0.2, -0.15) is 0 Å². The van der Waals surface area contributed by atoms with Gasteiger partial charge >= 0.3 is 0 Å². The average Bonchev–Trinajstić information content (AvgIpc) is 2.79. The van der Waals surface area contributed by atoms with E-state index in [9.17, 15) is 14.9 Å². The van der Waals surface area contributed by atoms with E-state index in [1.807, 2.05) is 0 Å². The van der Waals surface area contributed by atoms with Crippen LogP contribution >= 0.6 is 24.0 Å². The molecule has 1 aliphatic heterocycles. The summed E-state index contributed by atoms with van der Waals surface area (Å²) in [5, 5.41) is 10.5. The zero-order valence-corrected chi connectivity index (χ0v) is 14.0. The molecular formula is C14H17N3O3S2. The molecule has 2 rings (SSSR count). The maximum absolute atomic E-state index is 12.6. The summed E-state index contributed by atoms with van der Waals surface area (Å²) in [5.74, 6) is -0.0595. The third-order valence-electron chi connectivity index (χ3n) is 3.56. The van der Waals surface area contributed by atoms with Crippen LogP contribution in [0, 0.1) is 10.1 Å². The summed E-state index contributed by atoms with van der Waals surface area (Å²) in [6.07, 6.45) is 0. The molecule has 0 N–H and O–H groups in total. The van der Waals surface area contributed by atoms with Crippen molar-refractivity contribution in [2.24, 2.45) is 0 Å². The van der Waals surface area contributed by atoms with Crippen LogP contribution in [0.15, 0.2) is 24.3 Å². The van der Waals surface area contributed by atoms with Gasteiger partial charge in [-0.25, -0.2) is 0 Å². The van der Waals surface area contributed by atoms with E-state index >= 15 is 0 Å². The summed E-state index contributed by atoms with van der Waals surface area (Å²) in [5.41, 5.74) is 0.573. The standard InChI is InChI=1S/C14H17N3O3S2/c1-3-15(4-2)9-12-13(18)16(14(21)22-12)10-5-7-11(8-6-10)17(19)20/h5-8,12H,3-4,9H2,1-2H3. The minimum atomic E-state index is -0.466. The smallest absolute Gasteiger partial charge is 0.269 e. The van der Waals surface area contributed by atoms with Crippen molar-refractivity contribution in [3.63, 3.8) is 0 Å². The van der Waals surface area contributed by atoms with E-state index in [4.69, 9.17) is 12.2 Å². The maximum Gasteiger partial charge on any atom is 0.269 e. The molecule has 0 bridgehead atoms. The molecular weight excluding hydrogens is 322 g/mol. The summed E-state index contributed by atoms with van der Waals surface area (Å²) >= 11 is 6.68. The van der Waals surface area contributed by atoms with Gasteiger partial charge in [-0.15, -0.1) is 0 Å². The van der Waals surface area contributed by atoms with Crippen LogP contribution in [0.2, 0.25) is 0 Å². The van der Waals surface area contributed by atoms with Crippen LogP contribution < -0.4 is 4.90 Å². The Morgan fingerprint density at radius 2 is 1.91 bits per heavy atom. The molecule has 1 aromatic carbocycles. The number of carbonyl (C=O) groups is 1. The Hall–Kier alpha value is -1.51. The predicted octanol–water partition coefficient (Wildman–Crippen LogP) is 2.67. The second kappa shape index (κ2) is 7.17. The first-order valence-corrected chi connectivity index (χ1v) is 8.28. The largest absolute Gasteiger partial charge is 0.302 e. The monoisotopic (exact) mass is 339 g/mol. The van der Waals surface area contributed by atoms with Crippen LogP contribution in [0.4, 0.5) is 11.4 Å². The van der Waals surface area contributed by atoms with E-state index in [2.05, 4.69) is 18.7 Å². The molecule has 0 radical (unpaired) electrons. The molecule has 1 atom stereocenters. The number of nitro groups is 1. The molecule has 6 nitrogen and oxygen atoms in total. The van der Waals surface area contributed by atoms with Gasteiger partial charge in [-0.3, -0.25) is 19.8 Å². The van der Waals surface area contributed by atoms with Crippen molar-refractivity contribution in [3.05, 3.63) is 34.4 Å². The minimum absolute atomic E-state index is 0.00587. The quantitative estimate of drug-likeness (QED) is 0.451. The van der Waals surface area contributed by atoms with Gasteiger partial charge in [0.2, 0.25) is 5.91 Å². The Bertz CT molecular complexity index is 588. The number of carbonyl (C=O) groups excluding carboxylic acids is 1. The van der Waals surface area contributed by atoms with Gasteiger partial charge in [-0.05, 0) is 25.2 Å². The molecule has 1 aromatic rings. The van der Waals surface area contributed by atoms with E-state index < -0.39 is 4.92 Å². The highest BCUT2D eigenvalue weighted by molar-refractivity contribution is 8.25. The number of hydrogen-bond donors (Lipinski definition) is 0. The Balaban J connectivity index is 2.16. The number of anilines is 1. The first-order valence-electron chi connectivity index (χ1n) is 6.99. The van der Waals surface area contributed by atoms with E-state index in [1.165, 1.54) is 28.8 Å². The third-order valence-corrected chi connectivity index (χ3v) is 5.05. The summed E-state index contributed by atoms with van der Waals surface area (Å²) in [6.45, 7) is 6.52. The van der Waals surface area contributed by atoms with E-state index in [-0.39, 0.29) is 16.8 Å². The molecule has 8 heteroatoms. The number of rotatable bonds is 6. The van der Waals surface area contributed by atoms with Crippen LogP contribution in [-0.4, -0.2) is 44.9 Å². The molecule has 0 aromatic heterocycles. The molecule has 118 valence electrons. The fourth-order valence-corrected chi connectivity index (χ4v) is 3.83. The fourth-order valence-electron chi connectivity index (χ4n) is 2.25. The molecule has 1 unspecified atom stereocenters. The fraction of sp³-hybridized carbons (Fsp3) is 0.429. The number of amides is 1. The van der Waals surface area contributed by atoms with Crippen LogP contribution in [0.3, 0.4) is 0 Å². The number of thioether (sulfide) groups is 1. The lowest BCUT2D eigenvalue weighted by Gasteiger charge is -2.21. The minimum Gasteiger partial charge on any atom is -0.302 e. The number of hydrogen-bond acceptors (Lipinski definition) is 6. The van der Waals surface area contributed by atoms with Gasteiger partial charge < -0.3 is 4.90 Å². The highest BCUT2D eigenvalue weighted by atomic mass is 32.2. The molecule has 0 saturated carbocycles. The second-order valence-corrected chi connectivity index (χ2v) is 6.64. The Kier molecular flexibility index (Phi) is 5.49. The van der Waals surface area contributed by atoms with Crippen LogP contribution in [0.1, 0.15) is 13.8 Å². The Labute approximate surface area is 138 Å². The Morgan fingerprint density at radius 1 is 1.32 bits per heavy atom. The molecule has 0 spiro atoms. The summed E-state index contributed by atoms with van der Waals surface area (Å²) < 4.78 is 0.496. The van der Waals surface area contributed by atoms with Crippen molar-refractivity contribution in [3.8, 4) is 0 Å². The number of non-ortho nitro benzene ring substituents is 1. The third kappa shape index (κ3) is 3.45. The topological polar surface area (TPSA) is 66.7 Å². The predicted molar refractivity (Wildman–Crippen MR) is 92.3 cm³/mol.